The average Bonchev–Trinajstić information content (AvgIpc) is 3.44. The molecule has 0 saturated carbocycles. The Balaban J connectivity index is 1.75. The molecule has 0 aliphatic carbocycles. The van der Waals surface area contributed by atoms with Crippen molar-refractivity contribution in [3.05, 3.63) is 47.7 Å². The molecule has 2 aliphatic rings. The van der Waals surface area contributed by atoms with Crippen LogP contribution in [0.25, 0.3) is 16.9 Å². The van der Waals surface area contributed by atoms with Crippen LogP contribution in [-0.2, 0) is 14.3 Å². The number of anilines is 1. The molecule has 2 atom stereocenters. The van der Waals surface area contributed by atoms with E-state index in [9.17, 15) is 4.79 Å². The summed E-state index contributed by atoms with van der Waals surface area (Å²) in [5, 5.41) is 4.96. The molecule has 2 aromatic heterocycles. The number of rotatable bonds is 4. The van der Waals surface area contributed by atoms with Crippen molar-refractivity contribution in [2.75, 3.05) is 11.4 Å². The van der Waals surface area contributed by atoms with E-state index in [1.165, 1.54) is 0 Å². The topological polar surface area (TPSA) is 69.0 Å². The van der Waals surface area contributed by atoms with Gasteiger partial charge in [0.05, 0.1) is 11.3 Å². The second kappa shape index (κ2) is 7.59. The van der Waals surface area contributed by atoms with Gasteiger partial charge in [0, 0.05) is 43.8 Å². The quantitative estimate of drug-likeness (QED) is 0.556. The lowest BCUT2D eigenvalue weighted by Gasteiger charge is -2.32. The van der Waals surface area contributed by atoms with Crippen molar-refractivity contribution >= 4 is 17.4 Å². The molecule has 1 aromatic carbocycles. The van der Waals surface area contributed by atoms with Gasteiger partial charge in [-0.15, -0.1) is 0 Å². The zero-order valence-corrected chi connectivity index (χ0v) is 19.3. The Morgan fingerprint density at radius 1 is 1.19 bits per heavy atom. The first-order chi connectivity index (χ1) is 15.2. The molecule has 7 nitrogen and oxygen atoms in total. The van der Waals surface area contributed by atoms with Gasteiger partial charge in [-0.25, -0.2) is 9.78 Å². The van der Waals surface area contributed by atoms with Gasteiger partial charge in [-0.3, -0.25) is 0 Å². The van der Waals surface area contributed by atoms with Crippen LogP contribution in [0.3, 0.4) is 0 Å². The number of ether oxygens (including phenoxy) is 2. The summed E-state index contributed by atoms with van der Waals surface area (Å²) in [5.41, 5.74) is 4.17. The summed E-state index contributed by atoms with van der Waals surface area (Å²) in [6.07, 6.45) is 1.38. The Bertz CT molecular complexity index is 1170. The molecule has 2 aliphatic heterocycles. The fourth-order valence-electron chi connectivity index (χ4n) is 5.03. The smallest absolute Gasteiger partial charge is 0.342 e. The van der Waals surface area contributed by atoms with Crippen molar-refractivity contribution in [3.63, 3.8) is 0 Å². The number of hydrogen-bond acceptors (Lipinski definition) is 6. The summed E-state index contributed by atoms with van der Waals surface area (Å²) in [6.45, 7) is 10.9. The molecular formula is C25H30N4O3. The second-order valence-electron chi connectivity index (χ2n) is 9.57. The summed E-state index contributed by atoms with van der Waals surface area (Å²) in [4.78, 5) is 20.1. The van der Waals surface area contributed by atoms with Gasteiger partial charge in [-0.1, -0.05) is 44.2 Å². The van der Waals surface area contributed by atoms with E-state index in [2.05, 4.69) is 18.7 Å². The largest absolute Gasteiger partial charge is 0.431 e. The predicted octanol–water partition coefficient (Wildman–Crippen LogP) is 4.68. The van der Waals surface area contributed by atoms with Crippen molar-refractivity contribution in [1.82, 2.24) is 14.6 Å². The number of carbonyl (C=O) groups excluding carboxylic acids is 1. The maximum atomic E-state index is 12.9. The fraction of sp³-hybridized carbons (Fsp3) is 0.480. The number of esters is 1. The maximum absolute atomic E-state index is 12.9. The number of cyclic esters (lactones) is 1. The van der Waals surface area contributed by atoms with Gasteiger partial charge in [0.1, 0.15) is 5.82 Å². The maximum Gasteiger partial charge on any atom is 0.342 e. The highest BCUT2D eigenvalue weighted by Crippen LogP contribution is 2.42. The minimum atomic E-state index is -0.970. The number of carbonyl (C=O) groups is 1. The van der Waals surface area contributed by atoms with Gasteiger partial charge in [0.15, 0.2) is 11.8 Å². The van der Waals surface area contributed by atoms with Crippen LogP contribution in [0.15, 0.2) is 36.4 Å². The number of benzene rings is 1. The van der Waals surface area contributed by atoms with Gasteiger partial charge in [0.2, 0.25) is 5.79 Å². The fourth-order valence-corrected chi connectivity index (χ4v) is 5.03. The monoisotopic (exact) mass is 434 g/mol. The van der Waals surface area contributed by atoms with Crippen LogP contribution in [0.5, 0.6) is 0 Å². The minimum Gasteiger partial charge on any atom is -0.431 e. The van der Waals surface area contributed by atoms with E-state index in [1.54, 1.807) is 13.8 Å². The second-order valence-corrected chi connectivity index (χ2v) is 9.57. The number of aryl methyl sites for hydroxylation is 1. The highest BCUT2D eigenvalue weighted by atomic mass is 16.8. The van der Waals surface area contributed by atoms with E-state index >= 15 is 0 Å². The van der Waals surface area contributed by atoms with Crippen LogP contribution in [0, 0.1) is 12.8 Å². The van der Waals surface area contributed by atoms with Crippen LogP contribution >= 0.6 is 0 Å². The average molecular weight is 435 g/mol. The Kier molecular flexibility index (Phi) is 4.97. The van der Waals surface area contributed by atoms with E-state index in [0.717, 1.165) is 53.4 Å². The van der Waals surface area contributed by atoms with Gasteiger partial charge in [-0.2, -0.15) is 9.61 Å². The number of fused-ring (bicyclic) bond motifs is 1. The van der Waals surface area contributed by atoms with Crippen LogP contribution in [0.1, 0.15) is 57.9 Å². The van der Waals surface area contributed by atoms with Crippen LogP contribution in [-0.4, -0.2) is 38.9 Å². The predicted molar refractivity (Wildman–Crippen MR) is 122 cm³/mol. The molecular weight excluding hydrogens is 404 g/mol. The molecule has 5 rings (SSSR count). The molecule has 32 heavy (non-hydrogen) atoms. The number of aromatic nitrogens is 3. The Morgan fingerprint density at radius 2 is 1.94 bits per heavy atom. The molecule has 0 N–H and O–H groups in total. The molecule has 3 aromatic rings. The Morgan fingerprint density at radius 3 is 2.59 bits per heavy atom. The molecule has 0 bridgehead atoms. The first-order valence-corrected chi connectivity index (χ1v) is 11.4. The first kappa shape index (κ1) is 20.9. The van der Waals surface area contributed by atoms with Crippen molar-refractivity contribution in [3.8, 4) is 11.3 Å². The van der Waals surface area contributed by atoms with Gasteiger partial charge >= 0.3 is 5.97 Å². The molecule has 0 spiro atoms. The van der Waals surface area contributed by atoms with E-state index in [4.69, 9.17) is 19.6 Å². The van der Waals surface area contributed by atoms with Crippen molar-refractivity contribution in [2.45, 2.75) is 65.4 Å². The third-order valence-electron chi connectivity index (χ3n) is 6.44. The molecule has 2 unspecified atom stereocenters. The summed E-state index contributed by atoms with van der Waals surface area (Å²) >= 11 is 0. The molecule has 2 fully saturated rings. The molecule has 0 amide bonds. The van der Waals surface area contributed by atoms with Gasteiger partial charge in [-0.05, 0) is 25.7 Å². The van der Waals surface area contributed by atoms with Crippen molar-refractivity contribution in [1.29, 1.82) is 0 Å². The van der Waals surface area contributed by atoms with E-state index in [0.29, 0.717) is 12.0 Å². The minimum absolute atomic E-state index is 0.355. The highest BCUT2D eigenvalue weighted by Gasteiger charge is 2.46. The number of nitrogens with zero attached hydrogens (tertiary/aromatic N) is 4. The lowest BCUT2D eigenvalue weighted by Crippen LogP contribution is -2.36. The summed E-state index contributed by atoms with van der Waals surface area (Å²) in [6, 6.07) is 12.5. The summed E-state index contributed by atoms with van der Waals surface area (Å²) < 4.78 is 13.5. The van der Waals surface area contributed by atoms with E-state index < -0.39 is 11.9 Å². The lowest BCUT2D eigenvalue weighted by atomic mass is 10.0. The molecule has 0 radical (unpaired) electrons. The first-order valence-electron chi connectivity index (χ1n) is 11.4. The van der Waals surface area contributed by atoms with Gasteiger partial charge in [0.25, 0.3) is 0 Å². The molecule has 7 heteroatoms. The zero-order chi connectivity index (χ0) is 22.6. The van der Waals surface area contributed by atoms with E-state index in [1.807, 2.05) is 47.8 Å². The molecule has 168 valence electrons. The lowest BCUT2D eigenvalue weighted by molar-refractivity contribution is -0.160. The number of hydrogen-bond donors (Lipinski definition) is 0. The van der Waals surface area contributed by atoms with Crippen molar-refractivity contribution < 1.29 is 14.3 Å². The van der Waals surface area contributed by atoms with Crippen LogP contribution in [0.2, 0.25) is 0 Å². The van der Waals surface area contributed by atoms with E-state index in [-0.39, 0.29) is 5.97 Å². The standard InChI is InChI=1S/C25H30N4O3/c1-15(2)19-12-9-13-28(19)23-21(22-24(30)32-25(4,5)31-22)16(3)26-20-14-18(27-29(20)23)17-10-7-6-8-11-17/h6-8,10-11,14-15,19,22H,9,12-13H2,1-5H3. The Hall–Kier alpha value is -2.93. The zero-order valence-electron chi connectivity index (χ0n) is 19.3. The molecule has 4 heterocycles. The summed E-state index contributed by atoms with van der Waals surface area (Å²) in [5.74, 6) is 0.00929. The van der Waals surface area contributed by atoms with Crippen molar-refractivity contribution in [2.24, 2.45) is 5.92 Å². The van der Waals surface area contributed by atoms with Crippen LogP contribution in [0.4, 0.5) is 5.82 Å². The highest BCUT2D eigenvalue weighted by molar-refractivity contribution is 5.82. The van der Waals surface area contributed by atoms with Gasteiger partial charge < -0.3 is 14.4 Å². The molecule has 2 saturated heterocycles. The Labute approximate surface area is 188 Å². The summed E-state index contributed by atoms with van der Waals surface area (Å²) in [7, 11) is 0. The van der Waals surface area contributed by atoms with Crippen LogP contribution < -0.4 is 4.90 Å². The SMILES string of the molecule is Cc1nc2cc(-c3ccccc3)nn2c(N2CCCC2C(C)C)c1C1OC(C)(C)OC1=O. The third kappa shape index (κ3) is 3.45. The normalized spacial score (nSPS) is 22.8. The third-order valence-corrected chi connectivity index (χ3v) is 6.44.